The number of nitrogens with zero attached hydrogens (tertiary/aromatic N) is 3. The van der Waals surface area contributed by atoms with Crippen molar-refractivity contribution >= 4 is 27.5 Å². The van der Waals surface area contributed by atoms with E-state index in [9.17, 15) is 4.79 Å². The lowest BCUT2D eigenvalue weighted by atomic mass is 9.97. The molecular formula is C18H25N3OS. The van der Waals surface area contributed by atoms with Crippen LogP contribution >= 0.6 is 11.3 Å². The number of aryl methyl sites for hydroxylation is 2. The van der Waals surface area contributed by atoms with Crippen molar-refractivity contribution in [2.45, 2.75) is 64.8 Å². The Labute approximate surface area is 141 Å². The van der Waals surface area contributed by atoms with E-state index in [0.29, 0.717) is 6.54 Å². The summed E-state index contributed by atoms with van der Waals surface area (Å²) in [6.07, 6.45) is 9.64. The third-order valence-electron chi connectivity index (χ3n) is 5.26. The van der Waals surface area contributed by atoms with Gasteiger partial charge in [0.1, 0.15) is 4.83 Å². The summed E-state index contributed by atoms with van der Waals surface area (Å²) in [6, 6.07) is 0. The second-order valence-corrected chi connectivity index (χ2v) is 7.84. The van der Waals surface area contributed by atoms with Crippen LogP contribution in [0.25, 0.3) is 10.2 Å². The Morgan fingerprint density at radius 2 is 1.78 bits per heavy atom. The van der Waals surface area contributed by atoms with E-state index < -0.39 is 0 Å². The molecule has 0 unspecified atom stereocenters. The van der Waals surface area contributed by atoms with Gasteiger partial charge in [0.25, 0.3) is 5.56 Å². The molecule has 4 rings (SSSR count). The summed E-state index contributed by atoms with van der Waals surface area (Å²) in [4.78, 5) is 22.9. The molecule has 3 heterocycles. The Kier molecular flexibility index (Phi) is 4.14. The zero-order chi connectivity index (χ0) is 15.8. The van der Waals surface area contributed by atoms with Crippen molar-refractivity contribution in [2.24, 2.45) is 0 Å². The van der Waals surface area contributed by atoms with Gasteiger partial charge in [-0.3, -0.25) is 9.36 Å². The third-order valence-corrected chi connectivity index (χ3v) is 6.45. The van der Waals surface area contributed by atoms with Gasteiger partial charge < -0.3 is 4.90 Å². The van der Waals surface area contributed by atoms with Crippen LogP contribution in [0.4, 0.5) is 5.95 Å². The largest absolute Gasteiger partial charge is 0.342 e. The maximum Gasteiger partial charge on any atom is 0.263 e. The molecule has 0 amide bonds. The van der Waals surface area contributed by atoms with E-state index in [0.717, 1.165) is 42.1 Å². The lowest BCUT2D eigenvalue weighted by molar-refractivity contribution is 0.661. The van der Waals surface area contributed by atoms with Gasteiger partial charge in [-0.1, -0.05) is 12.8 Å². The summed E-state index contributed by atoms with van der Waals surface area (Å²) >= 11 is 1.77. The molecule has 0 bridgehead atoms. The van der Waals surface area contributed by atoms with E-state index in [1.807, 2.05) is 4.57 Å². The van der Waals surface area contributed by atoms with Gasteiger partial charge in [0.2, 0.25) is 5.95 Å². The lowest BCUT2D eigenvalue weighted by Gasteiger charge is -2.24. The molecule has 0 saturated carbocycles. The zero-order valence-electron chi connectivity index (χ0n) is 13.9. The second kappa shape index (κ2) is 6.27. The van der Waals surface area contributed by atoms with Gasteiger partial charge in [0, 0.05) is 24.5 Å². The van der Waals surface area contributed by atoms with E-state index in [1.54, 1.807) is 11.3 Å². The highest BCUT2D eigenvalue weighted by molar-refractivity contribution is 7.18. The van der Waals surface area contributed by atoms with Crippen molar-refractivity contribution in [1.82, 2.24) is 9.55 Å². The minimum atomic E-state index is 0.191. The quantitative estimate of drug-likeness (QED) is 0.841. The molecule has 0 radical (unpaired) electrons. The predicted molar refractivity (Wildman–Crippen MR) is 96.9 cm³/mol. The molecule has 0 atom stereocenters. The molecule has 1 fully saturated rings. The van der Waals surface area contributed by atoms with E-state index in [4.69, 9.17) is 4.98 Å². The molecule has 0 N–H and O–H groups in total. The molecule has 5 heteroatoms. The van der Waals surface area contributed by atoms with E-state index in [1.165, 1.54) is 49.0 Å². The summed E-state index contributed by atoms with van der Waals surface area (Å²) in [5.41, 5.74) is 1.49. The number of thiophene rings is 1. The van der Waals surface area contributed by atoms with Crippen LogP contribution in [0.3, 0.4) is 0 Å². The minimum absolute atomic E-state index is 0.191. The van der Waals surface area contributed by atoms with Crippen LogP contribution in [-0.2, 0) is 19.4 Å². The SMILES string of the molecule is CCn1c(N2CCCCCC2)nc2sc3c(c2c1=O)CCCC3. The zero-order valence-corrected chi connectivity index (χ0v) is 14.8. The summed E-state index contributed by atoms with van der Waals surface area (Å²) < 4.78 is 1.91. The van der Waals surface area contributed by atoms with Crippen LogP contribution in [0.1, 0.15) is 55.9 Å². The first-order valence-electron chi connectivity index (χ1n) is 9.09. The Morgan fingerprint density at radius 3 is 2.52 bits per heavy atom. The average Bonchev–Trinajstić information content (AvgIpc) is 2.74. The van der Waals surface area contributed by atoms with Crippen molar-refractivity contribution in [3.05, 3.63) is 20.8 Å². The number of fused-ring (bicyclic) bond motifs is 3. The fourth-order valence-electron chi connectivity index (χ4n) is 4.02. The Hall–Kier alpha value is -1.36. The smallest absolute Gasteiger partial charge is 0.263 e. The highest BCUT2D eigenvalue weighted by atomic mass is 32.1. The maximum absolute atomic E-state index is 13.1. The number of aromatic nitrogens is 2. The van der Waals surface area contributed by atoms with Gasteiger partial charge in [0.05, 0.1) is 5.39 Å². The first-order chi connectivity index (χ1) is 11.3. The van der Waals surface area contributed by atoms with E-state index in [2.05, 4.69) is 11.8 Å². The van der Waals surface area contributed by atoms with E-state index >= 15 is 0 Å². The number of anilines is 1. The second-order valence-electron chi connectivity index (χ2n) is 6.75. The van der Waals surface area contributed by atoms with Gasteiger partial charge in [0.15, 0.2) is 0 Å². The molecule has 4 nitrogen and oxygen atoms in total. The van der Waals surface area contributed by atoms with Crippen LogP contribution in [0, 0.1) is 0 Å². The van der Waals surface area contributed by atoms with Crippen LogP contribution in [0.5, 0.6) is 0 Å². The minimum Gasteiger partial charge on any atom is -0.342 e. The molecule has 2 aromatic rings. The molecule has 1 aliphatic carbocycles. The fraction of sp³-hybridized carbons (Fsp3) is 0.667. The summed E-state index contributed by atoms with van der Waals surface area (Å²) in [6.45, 7) is 4.83. The lowest BCUT2D eigenvalue weighted by Crippen LogP contribution is -2.33. The Morgan fingerprint density at radius 1 is 1.04 bits per heavy atom. The van der Waals surface area contributed by atoms with Crippen molar-refractivity contribution in [1.29, 1.82) is 0 Å². The number of hydrogen-bond donors (Lipinski definition) is 0. The monoisotopic (exact) mass is 331 g/mol. The predicted octanol–water partition coefficient (Wildman–Crippen LogP) is 3.74. The average molecular weight is 331 g/mol. The third kappa shape index (κ3) is 2.59. The summed E-state index contributed by atoms with van der Waals surface area (Å²) in [7, 11) is 0. The molecule has 1 aliphatic heterocycles. The summed E-state index contributed by atoms with van der Waals surface area (Å²) in [5, 5.41) is 0.921. The molecule has 124 valence electrons. The Balaban J connectivity index is 1.89. The van der Waals surface area contributed by atoms with Crippen molar-refractivity contribution in [3.63, 3.8) is 0 Å². The van der Waals surface area contributed by atoms with Crippen LogP contribution in [-0.4, -0.2) is 22.6 Å². The van der Waals surface area contributed by atoms with Crippen molar-refractivity contribution < 1.29 is 0 Å². The summed E-state index contributed by atoms with van der Waals surface area (Å²) in [5.74, 6) is 0.908. The first-order valence-corrected chi connectivity index (χ1v) is 9.91. The van der Waals surface area contributed by atoms with Crippen molar-refractivity contribution in [2.75, 3.05) is 18.0 Å². The van der Waals surface area contributed by atoms with Crippen LogP contribution < -0.4 is 10.5 Å². The Bertz CT molecular complexity index is 769. The van der Waals surface area contributed by atoms with Crippen LogP contribution in [0.15, 0.2) is 4.79 Å². The van der Waals surface area contributed by atoms with Gasteiger partial charge in [-0.15, -0.1) is 11.3 Å². The molecule has 23 heavy (non-hydrogen) atoms. The van der Waals surface area contributed by atoms with Gasteiger partial charge in [-0.25, -0.2) is 4.98 Å². The van der Waals surface area contributed by atoms with Gasteiger partial charge in [-0.2, -0.15) is 0 Å². The molecule has 0 spiro atoms. The first kappa shape index (κ1) is 15.2. The van der Waals surface area contributed by atoms with E-state index in [-0.39, 0.29) is 5.56 Å². The maximum atomic E-state index is 13.1. The molecule has 0 aromatic carbocycles. The molecule has 1 saturated heterocycles. The van der Waals surface area contributed by atoms with Gasteiger partial charge in [-0.05, 0) is 51.0 Å². The van der Waals surface area contributed by atoms with Crippen molar-refractivity contribution in [3.8, 4) is 0 Å². The number of rotatable bonds is 2. The number of hydrogen-bond acceptors (Lipinski definition) is 4. The highest BCUT2D eigenvalue weighted by Gasteiger charge is 2.23. The normalized spacial score (nSPS) is 18.9. The van der Waals surface area contributed by atoms with Gasteiger partial charge >= 0.3 is 0 Å². The molecule has 2 aromatic heterocycles. The molecule has 2 aliphatic rings. The highest BCUT2D eigenvalue weighted by Crippen LogP contribution is 2.34. The molecular weight excluding hydrogens is 306 g/mol. The fourth-order valence-corrected chi connectivity index (χ4v) is 5.27. The standard InChI is InChI=1S/C18H25N3OS/c1-2-21-17(22)15-13-9-5-6-10-14(13)23-16(15)19-18(21)20-11-7-3-4-8-12-20/h2-12H2,1H3. The van der Waals surface area contributed by atoms with Crippen LogP contribution in [0.2, 0.25) is 0 Å². The topological polar surface area (TPSA) is 38.1 Å².